The van der Waals surface area contributed by atoms with Crippen molar-refractivity contribution in [2.24, 2.45) is 0 Å². The van der Waals surface area contributed by atoms with Crippen LogP contribution < -0.4 is 17.0 Å². The van der Waals surface area contributed by atoms with Crippen molar-refractivity contribution >= 4 is 5.82 Å². The van der Waals surface area contributed by atoms with E-state index < -0.39 is 11.2 Å². The molecule has 0 radical (unpaired) electrons. The molecule has 1 aliphatic heterocycles. The number of rotatable bonds is 3. The highest BCUT2D eigenvalue weighted by Crippen LogP contribution is 2.06. The van der Waals surface area contributed by atoms with Gasteiger partial charge in [0.05, 0.1) is 0 Å². The third-order valence-electron chi connectivity index (χ3n) is 2.90. The normalized spacial score (nSPS) is 16.8. The average Bonchev–Trinajstić information content (AvgIpc) is 2.68. The average molecular weight is 224 g/mol. The topological polar surface area (TPSA) is 84.1 Å². The van der Waals surface area contributed by atoms with Crippen LogP contribution in [0.25, 0.3) is 0 Å². The van der Waals surface area contributed by atoms with Gasteiger partial charge < -0.3 is 10.6 Å². The maximum absolute atomic E-state index is 11.5. The van der Waals surface area contributed by atoms with Crippen LogP contribution in [-0.4, -0.2) is 34.1 Å². The summed E-state index contributed by atoms with van der Waals surface area (Å²) in [5, 5.41) is 0. The van der Waals surface area contributed by atoms with Crippen LogP contribution in [0.3, 0.4) is 0 Å². The first-order chi connectivity index (χ1) is 7.66. The lowest BCUT2D eigenvalue weighted by Gasteiger charge is -2.15. The molecular weight excluding hydrogens is 208 g/mol. The zero-order valence-electron chi connectivity index (χ0n) is 9.11. The van der Waals surface area contributed by atoms with Crippen LogP contribution in [0.4, 0.5) is 5.82 Å². The van der Waals surface area contributed by atoms with Crippen LogP contribution in [0.1, 0.15) is 12.8 Å². The first-order valence-corrected chi connectivity index (χ1v) is 5.49. The maximum Gasteiger partial charge on any atom is 0.329 e. The molecule has 1 aromatic rings. The highest BCUT2D eigenvalue weighted by molar-refractivity contribution is 5.26. The molecule has 88 valence electrons. The fraction of sp³-hybridized carbons (Fsp3) is 0.600. The van der Waals surface area contributed by atoms with Crippen molar-refractivity contribution in [1.29, 1.82) is 0 Å². The lowest BCUT2D eigenvalue weighted by Crippen LogP contribution is -2.35. The monoisotopic (exact) mass is 224 g/mol. The number of nitrogens with two attached hydrogens (primary N) is 1. The van der Waals surface area contributed by atoms with Crippen molar-refractivity contribution in [1.82, 2.24) is 14.5 Å². The predicted octanol–water partition coefficient (Wildman–Crippen LogP) is -0.785. The van der Waals surface area contributed by atoms with E-state index in [2.05, 4.69) is 9.88 Å². The molecule has 16 heavy (non-hydrogen) atoms. The fourth-order valence-electron chi connectivity index (χ4n) is 2.02. The third kappa shape index (κ3) is 2.33. The molecule has 0 unspecified atom stereocenters. The minimum Gasteiger partial charge on any atom is -0.385 e. The summed E-state index contributed by atoms with van der Waals surface area (Å²) >= 11 is 0. The van der Waals surface area contributed by atoms with Crippen LogP contribution in [-0.2, 0) is 6.54 Å². The van der Waals surface area contributed by atoms with Gasteiger partial charge in [-0.2, -0.15) is 0 Å². The molecule has 0 saturated carbocycles. The largest absolute Gasteiger partial charge is 0.385 e. The summed E-state index contributed by atoms with van der Waals surface area (Å²) in [7, 11) is 0. The van der Waals surface area contributed by atoms with Crippen molar-refractivity contribution < 1.29 is 0 Å². The Labute approximate surface area is 92.7 Å². The molecule has 0 bridgehead atoms. The molecule has 3 N–H and O–H groups in total. The van der Waals surface area contributed by atoms with E-state index in [1.165, 1.54) is 23.5 Å². The predicted molar refractivity (Wildman–Crippen MR) is 61.4 cm³/mol. The second-order valence-electron chi connectivity index (χ2n) is 4.06. The molecule has 0 amide bonds. The molecule has 6 heteroatoms. The van der Waals surface area contributed by atoms with E-state index in [-0.39, 0.29) is 5.82 Å². The Morgan fingerprint density at radius 3 is 2.56 bits per heavy atom. The van der Waals surface area contributed by atoms with Crippen LogP contribution in [0.5, 0.6) is 0 Å². The van der Waals surface area contributed by atoms with Crippen molar-refractivity contribution in [2.75, 3.05) is 25.4 Å². The van der Waals surface area contributed by atoms with Gasteiger partial charge in [-0.1, -0.05) is 0 Å². The molecule has 1 aromatic heterocycles. The summed E-state index contributed by atoms with van der Waals surface area (Å²) < 4.78 is 1.40. The molecule has 0 spiro atoms. The van der Waals surface area contributed by atoms with Crippen molar-refractivity contribution in [3.63, 3.8) is 0 Å². The Bertz CT molecular complexity index is 470. The number of hydrogen-bond acceptors (Lipinski definition) is 4. The number of aromatic amines is 1. The second kappa shape index (κ2) is 4.52. The molecule has 2 rings (SSSR count). The molecule has 1 saturated heterocycles. The van der Waals surface area contributed by atoms with Crippen LogP contribution >= 0.6 is 0 Å². The molecule has 1 aliphatic rings. The first kappa shape index (κ1) is 10.9. The number of aromatic nitrogens is 2. The second-order valence-corrected chi connectivity index (χ2v) is 4.06. The lowest BCUT2D eigenvalue weighted by molar-refractivity contribution is 0.320. The Kier molecular flexibility index (Phi) is 3.09. The molecule has 0 aromatic carbocycles. The van der Waals surface area contributed by atoms with Gasteiger partial charge in [0.2, 0.25) is 0 Å². The van der Waals surface area contributed by atoms with E-state index in [0.29, 0.717) is 6.54 Å². The number of nitrogens with zero attached hydrogens (tertiary/aromatic N) is 2. The van der Waals surface area contributed by atoms with E-state index in [4.69, 9.17) is 5.73 Å². The van der Waals surface area contributed by atoms with E-state index >= 15 is 0 Å². The Morgan fingerprint density at radius 1 is 1.25 bits per heavy atom. The molecule has 6 nitrogen and oxygen atoms in total. The van der Waals surface area contributed by atoms with Crippen molar-refractivity contribution in [3.8, 4) is 0 Å². The summed E-state index contributed by atoms with van der Waals surface area (Å²) in [5.74, 6) is 0.230. The molecule has 2 heterocycles. The van der Waals surface area contributed by atoms with Gasteiger partial charge in [0.1, 0.15) is 5.82 Å². The number of hydrogen-bond donors (Lipinski definition) is 2. The minimum absolute atomic E-state index is 0.230. The van der Waals surface area contributed by atoms with E-state index in [9.17, 15) is 9.59 Å². The van der Waals surface area contributed by atoms with Gasteiger partial charge in [-0.25, -0.2) is 4.79 Å². The van der Waals surface area contributed by atoms with Gasteiger partial charge >= 0.3 is 5.69 Å². The van der Waals surface area contributed by atoms with Gasteiger partial charge in [-0.15, -0.1) is 0 Å². The first-order valence-electron chi connectivity index (χ1n) is 5.49. The highest BCUT2D eigenvalue weighted by atomic mass is 16.2. The zero-order chi connectivity index (χ0) is 11.5. The molecular formula is C10H16N4O2. The van der Waals surface area contributed by atoms with E-state index in [0.717, 1.165) is 19.6 Å². The minimum atomic E-state index is -0.445. The number of nitrogens with one attached hydrogen (secondary N) is 1. The molecule has 0 atom stereocenters. The summed E-state index contributed by atoms with van der Waals surface area (Å²) in [6, 6.07) is 1.24. The number of nitrogen functional groups attached to an aromatic ring is 1. The van der Waals surface area contributed by atoms with Crippen LogP contribution in [0, 0.1) is 0 Å². The third-order valence-corrected chi connectivity index (χ3v) is 2.90. The highest BCUT2D eigenvalue weighted by Gasteiger charge is 2.12. The van der Waals surface area contributed by atoms with E-state index in [1.54, 1.807) is 0 Å². The van der Waals surface area contributed by atoms with E-state index in [1.807, 2.05) is 0 Å². The molecule has 1 fully saturated rings. The fourth-order valence-corrected chi connectivity index (χ4v) is 2.02. The SMILES string of the molecule is Nc1cc(=O)[nH]c(=O)n1CCN1CCCC1. The Morgan fingerprint density at radius 2 is 1.94 bits per heavy atom. The lowest BCUT2D eigenvalue weighted by atomic mass is 10.4. The summed E-state index contributed by atoms with van der Waals surface area (Å²) in [6.45, 7) is 3.49. The van der Waals surface area contributed by atoms with Crippen LogP contribution in [0.2, 0.25) is 0 Å². The van der Waals surface area contributed by atoms with Gasteiger partial charge in [-0.3, -0.25) is 14.3 Å². The Hall–Kier alpha value is -1.56. The smallest absolute Gasteiger partial charge is 0.329 e. The number of anilines is 1. The summed E-state index contributed by atoms with van der Waals surface area (Å²) in [5.41, 5.74) is 4.76. The summed E-state index contributed by atoms with van der Waals surface area (Å²) in [6.07, 6.45) is 2.44. The zero-order valence-corrected chi connectivity index (χ0v) is 9.11. The van der Waals surface area contributed by atoms with Gasteiger partial charge in [0.25, 0.3) is 5.56 Å². The standard InChI is InChI=1S/C10H16N4O2/c11-8-7-9(15)12-10(16)14(8)6-5-13-3-1-2-4-13/h7H,1-6,11H2,(H,12,15,16). The van der Waals surface area contributed by atoms with Gasteiger partial charge in [-0.05, 0) is 25.9 Å². The van der Waals surface area contributed by atoms with Crippen molar-refractivity contribution in [2.45, 2.75) is 19.4 Å². The van der Waals surface area contributed by atoms with Gasteiger partial charge in [0, 0.05) is 19.2 Å². The summed E-state index contributed by atoms with van der Waals surface area (Å²) in [4.78, 5) is 26.9. The van der Waals surface area contributed by atoms with Crippen LogP contribution in [0.15, 0.2) is 15.7 Å². The molecule has 0 aliphatic carbocycles. The Balaban J connectivity index is 2.09. The number of H-pyrrole nitrogens is 1. The maximum atomic E-state index is 11.5. The van der Waals surface area contributed by atoms with Gasteiger partial charge in [0.15, 0.2) is 0 Å². The number of likely N-dealkylation sites (tertiary alicyclic amines) is 1. The quantitative estimate of drug-likeness (QED) is 0.705. The van der Waals surface area contributed by atoms with Crippen molar-refractivity contribution in [3.05, 3.63) is 26.9 Å².